The third kappa shape index (κ3) is 3.45. The first-order valence-electron chi connectivity index (χ1n) is 7.78. The van der Waals surface area contributed by atoms with Gasteiger partial charge < -0.3 is 9.63 Å². The smallest absolute Gasteiger partial charge is 0.154 e. The van der Waals surface area contributed by atoms with Crippen molar-refractivity contribution in [2.45, 2.75) is 45.2 Å². The number of phenolic OH excluding ortho intramolecular Hbond substituents is 1. The Balaban J connectivity index is 1.85. The van der Waals surface area contributed by atoms with Gasteiger partial charge in [0, 0.05) is 23.2 Å². The van der Waals surface area contributed by atoms with Gasteiger partial charge in [-0.3, -0.25) is 4.90 Å². The second kappa shape index (κ2) is 6.71. The van der Waals surface area contributed by atoms with Crippen LogP contribution in [0.4, 0.5) is 0 Å². The normalized spacial score (nSPS) is 20.0. The molecule has 118 valence electrons. The van der Waals surface area contributed by atoms with Crippen molar-refractivity contribution in [3.05, 3.63) is 46.3 Å². The highest BCUT2D eigenvalue weighted by atomic mass is 35.5. The number of aryl methyl sites for hydroxylation is 1. The van der Waals surface area contributed by atoms with E-state index < -0.39 is 0 Å². The molecule has 2 aromatic rings. The monoisotopic (exact) mass is 320 g/mol. The number of phenols is 1. The van der Waals surface area contributed by atoms with Crippen LogP contribution in [0.25, 0.3) is 0 Å². The van der Waals surface area contributed by atoms with E-state index in [9.17, 15) is 5.11 Å². The molecular weight excluding hydrogens is 300 g/mol. The van der Waals surface area contributed by atoms with E-state index in [4.69, 9.17) is 16.1 Å². The Hall–Kier alpha value is -1.52. The summed E-state index contributed by atoms with van der Waals surface area (Å²) >= 11 is 6.07. The molecule has 1 atom stereocenters. The Morgan fingerprint density at radius 1 is 1.32 bits per heavy atom. The molecule has 1 saturated heterocycles. The zero-order valence-corrected chi connectivity index (χ0v) is 13.5. The Bertz CT molecular complexity index is 641. The molecule has 1 unspecified atom stereocenters. The van der Waals surface area contributed by atoms with Gasteiger partial charge in [-0.15, -0.1) is 0 Å². The molecular formula is C17H21ClN2O2. The van der Waals surface area contributed by atoms with E-state index in [2.05, 4.69) is 10.1 Å². The molecule has 1 fully saturated rings. The molecule has 1 N–H and O–H groups in total. The molecule has 1 aliphatic heterocycles. The number of benzene rings is 1. The first kappa shape index (κ1) is 15.4. The lowest BCUT2D eigenvalue weighted by Gasteiger charge is -2.28. The van der Waals surface area contributed by atoms with Crippen LogP contribution in [0.5, 0.6) is 5.75 Å². The summed E-state index contributed by atoms with van der Waals surface area (Å²) in [5.74, 6) is 1.21. The van der Waals surface area contributed by atoms with Crippen LogP contribution >= 0.6 is 11.6 Å². The van der Waals surface area contributed by atoms with Gasteiger partial charge >= 0.3 is 0 Å². The van der Waals surface area contributed by atoms with Crippen molar-refractivity contribution in [2.75, 3.05) is 6.54 Å². The van der Waals surface area contributed by atoms with Gasteiger partial charge in [0.2, 0.25) is 0 Å². The van der Waals surface area contributed by atoms with Crippen LogP contribution in [0.15, 0.2) is 28.8 Å². The molecule has 22 heavy (non-hydrogen) atoms. The van der Waals surface area contributed by atoms with Crippen molar-refractivity contribution in [1.82, 2.24) is 10.1 Å². The Morgan fingerprint density at radius 2 is 2.18 bits per heavy atom. The van der Waals surface area contributed by atoms with Crippen LogP contribution in [-0.4, -0.2) is 21.7 Å². The molecule has 0 saturated carbocycles. The topological polar surface area (TPSA) is 49.5 Å². The van der Waals surface area contributed by atoms with Gasteiger partial charge in [-0.2, -0.15) is 0 Å². The van der Waals surface area contributed by atoms with Crippen LogP contribution < -0.4 is 0 Å². The molecule has 0 radical (unpaired) electrons. The van der Waals surface area contributed by atoms with Crippen LogP contribution in [0.3, 0.4) is 0 Å². The van der Waals surface area contributed by atoms with Crippen LogP contribution in [-0.2, 0) is 6.54 Å². The second-order valence-electron chi connectivity index (χ2n) is 5.98. The predicted octanol–water partition coefficient (Wildman–Crippen LogP) is 4.46. The van der Waals surface area contributed by atoms with Crippen molar-refractivity contribution in [2.24, 2.45) is 0 Å². The van der Waals surface area contributed by atoms with Gasteiger partial charge in [-0.25, -0.2) is 0 Å². The highest BCUT2D eigenvalue weighted by Gasteiger charge is 2.26. The standard InChI is InChI=1S/C17H21ClN2O2/c1-12-9-17(22-19-12)15-5-3-2-4-8-20(15)11-13-10-14(18)6-7-16(13)21/h6-7,9-10,15,21H,2-5,8,11H2,1H3. The zero-order valence-electron chi connectivity index (χ0n) is 12.8. The number of nitrogens with zero attached hydrogens (tertiary/aromatic N) is 2. The average Bonchev–Trinajstić information content (AvgIpc) is 2.78. The van der Waals surface area contributed by atoms with Crippen molar-refractivity contribution in [3.63, 3.8) is 0 Å². The quantitative estimate of drug-likeness (QED) is 0.907. The number of hydrogen-bond donors (Lipinski definition) is 1. The fourth-order valence-electron chi connectivity index (χ4n) is 3.12. The van der Waals surface area contributed by atoms with Gasteiger partial charge in [-0.1, -0.05) is 29.6 Å². The summed E-state index contributed by atoms with van der Waals surface area (Å²) < 4.78 is 5.50. The highest BCUT2D eigenvalue weighted by Crippen LogP contribution is 2.33. The lowest BCUT2D eigenvalue weighted by atomic mass is 10.1. The molecule has 2 heterocycles. The summed E-state index contributed by atoms with van der Waals surface area (Å²) in [5, 5.41) is 14.7. The molecule has 1 aliphatic rings. The highest BCUT2D eigenvalue weighted by molar-refractivity contribution is 6.30. The largest absolute Gasteiger partial charge is 0.508 e. The van der Waals surface area contributed by atoms with Crippen molar-refractivity contribution in [1.29, 1.82) is 0 Å². The molecule has 0 amide bonds. The van der Waals surface area contributed by atoms with Gasteiger partial charge in [0.25, 0.3) is 0 Å². The van der Waals surface area contributed by atoms with Crippen LogP contribution in [0.1, 0.15) is 48.7 Å². The number of hydrogen-bond acceptors (Lipinski definition) is 4. The zero-order chi connectivity index (χ0) is 15.5. The molecule has 3 rings (SSSR count). The van der Waals surface area contributed by atoms with E-state index in [1.807, 2.05) is 19.1 Å². The van der Waals surface area contributed by atoms with E-state index >= 15 is 0 Å². The molecule has 1 aromatic heterocycles. The Morgan fingerprint density at radius 3 is 2.95 bits per heavy atom. The summed E-state index contributed by atoms with van der Waals surface area (Å²) in [4.78, 5) is 2.36. The second-order valence-corrected chi connectivity index (χ2v) is 6.42. The molecule has 4 nitrogen and oxygen atoms in total. The average molecular weight is 321 g/mol. The third-order valence-corrected chi connectivity index (χ3v) is 4.49. The maximum atomic E-state index is 10.1. The fourth-order valence-corrected chi connectivity index (χ4v) is 3.31. The van der Waals surface area contributed by atoms with Crippen molar-refractivity contribution in [3.8, 4) is 5.75 Å². The lowest BCUT2D eigenvalue weighted by molar-refractivity contribution is 0.158. The summed E-state index contributed by atoms with van der Waals surface area (Å²) in [6.45, 7) is 3.59. The van der Waals surface area contributed by atoms with Crippen LogP contribution in [0, 0.1) is 6.92 Å². The fraction of sp³-hybridized carbons (Fsp3) is 0.471. The SMILES string of the molecule is Cc1cc(C2CCCCCN2Cc2cc(Cl)ccc2O)on1. The van der Waals surface area contributed by atoms with E-state index in [0.717, 1.165) is 36.4 Å². The number of aromatic hydroxyl groups is 1. The molecule has 0 spiro atoms. The van der Waals surface area contributed by atoms with E-state index in [0.29, 0.717) is 17.3 Å². The first-order valence-corrected chi connectivity index (χ1v) is 8.16. The van der Waals surface area contributed by atoms with Crippen molar-refractivity contribution >= 4 is 11.6 Å². The predicted molar refractivity (Wildman–Crippen MR) is 86.0 cm³/mol. The molecule has 1 aromatic carbocycles. The maximum absolute atomic E-state index is 10.1. The third-order valence-electron chi connectivity index (χ3n) is 4.25. The summed E-state index contributed by atoms with van der Waals surface area (Å²) in [5.41, 5.74) is 1.76. The van der Waals surface area contributed by atoms with Gasteiger partial charge in [0.15, 0.2) is 5.76 Å². The summed E-state index contributed by atoms with van der Waals surface area (Å²) in [6, 6.07) is 7.43. The minimum atomic E-state index is 0.210. The van der Waals surface area contributed by atoms with E-state index in [1.54, 1.807) is 12.1 Å². The van der Waals surface area contributed by atoms with Crippen molar-refractivity contribution < 1.29 is 9.63 Å². The Labute approximate surface area is 135 Å². The number of halogens is 1. The number of likely N-dealkylation sites (tertiary alicyclic amines) is 1. The molecule has 5 heteroatoms. The molecule has 0 bridgehead atoms. The van der Waals surface area contributed by atoms with Gasteiger partial charge in [0.05, 0.1) is 11.7 Å². The lowest BCUT2D eigenvalue weighted by Crippen LogP contribution is -2.28. The van der Waals surface area contributed by atoms with E-state index in [-0.39, 0.29) is 6.04 Å². The number of rotatable bonds is 3. The summed E-state index contributed by atoms with van der Waals surface area (Å²) in [7, 11) is 0. The van der Waals surface area contributed by atoms with E-state index in [1.165, 1.54) is 12.8 Å². The first-order chi connectivity index (χ1) is 10.6. The van der Waals surface area contributed by atoms with Gasteiger partial charge in [-0.05, 0) is 44.5 Å². The summed E-state index contributed by atoms with van der Waals surface area (Å²) in [6.07, 6.45) is 4.62. The minimum Gasteiger partial charge on any atom is -0.508 e. The maximum Gasteiger partial charge on any atom is 0.154 e. The number of aromatic nitrogens is 1. The minimum absolute atomic E-state index is 0.210. The molecule has 0 aliphatic carbocycles. The Kier molecular flexibility index (Phi) is 4.69. The van der Waals surface area contributed by atoms with Crippen LogP contribution in [0.2, 0.25) is 5.02 Å². The van der Waals surface area contributed by atoms with Gasteiger partial charge in [0.1, 0.15) is 5.75 Å².